The van der Waals surface area contributed by atoms with E-state index in [-0.39, 0.29) is 12.5 Å². The van der Waals surface area contributed by atoms with Crippen molar-refractivity contribution >= 4 is 40.6 Å². The van der Waals surface area contributed by atoms with Crippen LogP contribution in [-0.4, -0.2) is 40.9 Å². The molecule has 0 aliphatic carbocycles. The highest BCUT2D eigenvalue weighted by Gasteiger charge is 2.35. The van der Waals surface area contributed by atoms with Crippen molar-refractivity contribution in [1.82, 2.24) is 14.8 Å². The van der Waals surface area contributed by atoms with Gasteiger partial charge in [-0.2, -0.15) is 5.10 Å². The molecule has 1 aliphatic heterocycles. The van der Waals surface area contributed by atoms with Crippen molar-refractivity contribution in [3.63, 3.8) is 0 Å². The SMILES string of the molecule is CNc1cc(-c2cnn3c2C(=O)N(c2ccc(Cl)c(Cl)c2)C[C@@H]3CF)ccn1. The zero-order chi connectivity index (χ0) is 19.8. The van der Waals surface area contributed by atoms with Gasteiger partial charge in [0.25, 0.3) is 5.91 Å². The molecule has 0 saturated carbocycles. The maximum absolute atomic E-state index is 13.8. The fraction of sp³-hybridized carbons (Fsp3) is 0.211. The second-order valence-corrected chi connectivity index (χ2v) is 7.17. The molecular weight excluding hydrogens is 404 g/mol. The number of nitrogens with one attached hydrogen (secondary N) is 1. The molecule has 3 aromatic rings. The maximum atomic E-state index is 13.8. The molecule has 0 radical (unpaired) electrons. The van der Waals surface area contributed by atoms with Gasteiger partial charge in [-0.15, -0.1) is 0 Å². The average molecular weight is 420 g/mol. The molecule has 1 aromatic carbocycles. The van der Waals surface area contributed by atoms with Gasteiger partial charge in [0.15, 0.2) is 0 Å². The highest BCUT2D eigenvalue weighted by Crippen LogP contribution is 2.35. The van der Waals surface area contributed by atoms with Crippen LogP contribution in [0.4, 0.5) is 15.9 Å². The Morgan fingerprint density at radius 2 is 2.07 bits per heavy atom. The smallest absolute Gasteiger partial charge is 0.277 e. The van der Waals surface area contributed by atoms with Crippen LogP contribution in [0.15, 0.2) is 42.7 Å². The molecule has 1 atom stereocenters. The summed E-state index contributed by atoms with van der Waals surface area (Å²) in [7, 11) is 1.76. The van der Waals surface area contributed by atoms with Gasteiger partial charge in [-0.1, -0.05) is 23.2 Å². The Morgan fingerprint density at radius 3 is 2.79 bits per heavy atom. The highest BCUT2D eigenvalue weighted by atomic mass is 35.5. The number of hydrogen-bond acceptors (Lipinski definition) is 4. The third kappa shape index (κ3) is 3.10. The molecule has 0 bridgehead atoms. The predicted molar refractivity (Wildman–Crippen MR) is 108 cm³/mol. The van der Waals surface area contributed by atoms with Crippen molar-refractivity contribution in [3.05, 3.63) is 58.5 Å². The summed E-state index contributed by atoms with van der Waals surface area (Å²) >= 11 is 12.1. The van der Waals surface area contributed by atoms with E-state index in [0.717, 1.165) is 5.56 Å². The number of alkyl halides is 1. The fourth-order valence-corrected chi connectivity index (χ4v) is 3.58. The lowest BCUT2D eigenvalue weighted by atomic mass is 10.0. The van der Waals surface area contributed by atoms with Crippen LogP contribution in [0, 0.1) is 0 Å². The number of pyridine rings is 1. The number of halogens is 3. The van der Waals surface area contributed by atoms with Gasteiger partial charge >= 0.3 is 0 Å². The molecule has 28 heavy (non-hydrogen) atoms. The molecule has 6 nitrogen and oxygen atoms in total. The topological polar surface area (TPSA) is 63.1 Å². The summed E-state index contributed by atoms with van der Waals surface area (Å²) in [4.78, 5) is 19.0. The largest absolute Gasteiger partial charge is 0.373 e. The fourth-order valence-electron chi connectivity index (χ4n) is 3.29. The number of aromatic nitrogens is 3. The predicted octanol–water partition coefficient (Wildman–Crippen LogP) is 4.46. The lowest BCUT2D eigenvalue weighted by Gasteiger charge is -2.33. The van der Waals surface area contributed by atoms with Crippen molar-refractivity contribution in [2.75, 3.05) is 30.5 Å². The molecule has 1 amide bonds. The van der Waals surface area contributed by atoms with Gasteiger partial charge in [-0.05, 0) is 35.9 Å². The maximum Gasteiger partial charge on any atom is 0.277 e. The number of fused-ring (bicyclic) bond motifs is 1. The van der Waals surface area contributed by atoms with Gasteiger partial charge in [-0.3, -0.25) is 9.48 Å². The molecule has 0 fully saturated rings. The third-order valence-corrected chi connectivity index (χ3v) is 5.44. The van der Waals surface area contributed by atoms with E-state index < -0.39 is 12.7 Å². The minimum atomic E-state index is -0.655. The number of hydrogen-bond donors (Lipinski definition) is 1. The van der Waals surface area contributed by atoms with E-state index in [0.29, 0.717) is 32.8 Å². The number of benzene rings is 1. The first kappa shape index (κ1) is 18.7. The van der Waals surface area contributed by atoms with E-state index in [1.807, 2.05) is 6.07 Å². The lowest BCUT2D eigenvalue weighted by molar-refractivity contribution is 0.0946. The molecule has 144 valence electrons. The summed E-state index contributed by atoms with van der Waals surface area (Å²) in [6.45, 7) is -0.503. The van der Waals surface area contributed by atoms with E-state index in [1.165, 1.54) is 9.58 Å². The zero-order valence-corrected chi connectivity index (χ0v) is 16.4. The van der Waals surface area contributed by atoms with Gasteiger partial charge < -0.3 is 10.2 Å². The third-order valence-electron chi connectivity index (χ3n) is 4.70. The minimum absolute atomic E-state index is 0.152. The molecule has 2 aromatic heterocycles. The lowest BCUT2D eigenvalue weighted by Crippen LogP contribution is -2.44. The number of nitrogens with zero attached hydrogens (tertiary/aromatic N) is 4. The Labute approximate surface area is 170 Å². The Bertz CT molecular complexity index is 1050. The first-order valence-electron chi connectivity index (χ1n) is 8.58. The number of anilines is 2. The van der Waals surface area contributed by atoms with Gasteiger partial charge in [0.05, 0.1) is 28.8 Å². The van der Waals surface area contributed by atoms with E-state index in [2.05, 4.69) is 15.4 Å². The molecule has 4 rings (SSSR count). The Balaban J connectivity index is 1.82. The van der Waals surface area contributed by atoms with Crippen LogP contribution in [0.25, 0.3) is 11.1 Å². The van der Waals surface area contributed by atoms with Crippen molar-refractivity contribution in [2.45, 2.75) is 6.04 Å². The number of rotatable bonds is 4. The van der Waals surface area contributed by atoms with Crippen LogP contribution in [0.3, 0.4) is 0 Å². The average Bonchev–Trinajstić information content (AvgIpc) is 3.16. The van der Waals surface area contributed by atoms with Crippen molar-refractivity contribution < 1.29 is 9.18 Å². The van der Waals surface area contributed by atoms with Gasteiger partial charge in [0, 0.05) is 24.5 Å². The first-order chi connectivity index (χ1) is 13.5. The Kier molecular flexibility index (Phi) is 4.95. The summed E-state index contributed by atoms with van der Waals surface area (Å²) in [5.41, 5.74) is 2.27. The second kappa shape index (κ2) is 7.41. The van der Waals surface area contributed by atoms with Crippen LogP contribution in [-0.2, 0) is 0 Å². The van der Waals surface area contributed by atoms with E-state index >= 15 is 0 Å². The molecule has 1 aliphatic rings. The van der Waals surface area contributed by atoms with Crippen molar-refractivity contribution in [3.8, 4) is 11.1 Å². The highest BCUT2D eigenvalue weighted by molar-refractivity contribution is 6.42. The van der Waals surface area contributed by atoms with Crippen LogP contribution in [0.5, 0.6) is 0 Å². The second-order valence-electron chi connectivity index (χ2n) is 6.35. The molecule has 9 heteroatoms. The van der Waals surface area contributed by atoms with E-state index in [9.17, 15) is 9.18 Å². The molecule has 1 N–H and O–H groups in total. The quantitative estimate of drug-likeness (QED) is 0.677. The zero-order valence-electron chi connectivity index (χ0n) is 14.9. The molecule has 0 unspecified atom stereocenters. The summed E-state index contributed by atoms with van der Waals surface area (Å²) in [5.74, 6) is 0.377. The van der Waals surface area contributed by atoms with E-state index in [4.69, 9.17) is 23.2 Å². The van der Waals surface area contributed by atoms with Gasteiger partial charge in [0.2, 0.25) is 0 Å². The molecular formula is C19H16Cl2FN5O. The van der Waals surface area contributed by atoms with Crippen LogP contribution >= 0.6 is 23.2 Å². The number of amides is 1. The van der Waals surface area contributed by atoms with Crippen molar-refractivity contribution in [2.24, 2.45) is 0 Å². The minimum Gasteiger partial charge on any atom is -0.373 e. The normalized spacial score (nSPS) is 16.2. The summed E-state index contributed by atoms with van der Waals surface area (Å²) in [6, 6.07) is 7.92. The summed E-state index contributed by atoms with van der Waals surface area (Å²) < 4.78 is 15.2. The van der Waals surface area contributed by atoms with Crippen LogP contribution < -0.4 is 10.2 Å². The number of carbonyl (C=O) groups excluding carboxylic acids is 1. The van der Waals surface area contributed by atoms with Crippen LogP contribution in [0.2, 0.25) is 10.0 Å². The Morgan fingerprint density at radius 1 is 1.25 bits per heavy atom. The molecule has 3 heterocycles. The van der Waals surface area contributed by atoms with Crippen LogP contribution in [0.1, 0.15) is 16.5 Å². The first-order valence-corrected chi connectivity index (χ1v) is 9.33. The molecule has 0 saturated heterocycles. The van der Waals surface area contributed by atoms with Gasteiger partial charge in [0.1, 0.15) is 18.2 Å². The van der Waals surface area contributed by atoms with Crippen molar-refractivity contribution in [1.29, 1.82) is 0 Å². The van der Waals surface area contributed by atoms with Gasteiger partial charge in [-0.25, -0.2) is 9.37 Å². The van der Waals surface area contributed by atoms with E-state index in [1.54, 1.807) is 43.7 Å². The standard InChI is InChI=1S/C19H16Cl2FN5O/c1-23-17-6-11(4-5-24-17)14-9-25-27-13(8-22)10-26(19(28)18(14)27)12-2-3-15(20)16(21)7-12/h2-7,9,13H,8,10H2,1H3,(H,23,24)/t13-/m0/s1. The Hall–Kier alpha value is -2.64. The molecule has 0 spiro atoms. The summed E-state index contributed by atoms with van der Waals surface area (Å²) in [6.07, 6.45) is 3.23. The summed E-state index contributed by atoms with van der Waals surface area (Å²) in [5, 5.41) is 7.98. The monoisotopic (exact) mass is 419 g/mol. The number of carbonyl (C=O) groups is 1.